The molecule has 0 aliphatic carbocycles. The molecule has 0 unspecified atom stereocenters. The highest BCUT2D eigenvalue weighted by Crippen LogP contribution is 2.35. The van der Waals surface area contributed by atoms with Gasteiger partial charge in [-0.1, -0.05) is 6.42 Å². The molecule has 0 amide bonds. The molecule has 1 aromatic carbocycles. The first-order chi connectivity index (χ1) is 11.1. The van der Waals surface area contributed by atoms with E-state index in [0.717, 1.165) is 18.6 Å². The highest BCUT2D eigenvalue weighted by molar-refractivity contribution is 7.89. The summed E-state index contributed by atoms with van der Waals surface area (Å²) in [7, 11) is -4.12. The van der Waals surface area contributed by atoms with Crippen LogP contribution in [0.2, 0.25) is 0 Å². The summed E-state index contributed by atoms with van der Waals surface area (Å²) >= 11 is 0. The number of hydrogen-bond acceptors (Lipinski definition) is 4. The molecule has 0 saturated carbocycles. The maximum atomic E-state index is 13.1. The third-order valence-corrected chi connectivity index (χ3v) is 6.05. The quantitative estimate of drug-likeness (QED) is 0.896. The van der Waals surface area contributed by atoms with Crippen molar-refractivity contribution in [1.29, 1.82) is 5.26 Å². The zero-order valence-electron chi connectivity index (χ0n) is 13.0. The van der Waals surface area contributed by atoms with Gasteiger partial charge in [-0.05, 0) is 38.0 Å². The van der Waals surface area contributed by atoms with Crippen LogP contribution in [0.3, 0.4) is 0 Å². The van der Waals surface area contributed by atoms with Crippen molar-refractivity contribution in [2.75, 3.05) is 6.54 Å². The molecule has 0 radical (unpaired) electrons. The molecule has 0 aromatic heterocycles. The van der Waals surface area contributed by atoms with E-state index >= 15 is 0 Å². The Balaban J connectivity index is 2.52. The number of benzene rings is 1. The molecule has 2 rings (SSSR count). The van der Waals surface area contributed by atoms with E-state index in [-0.39, 0.29) is 6.54 Å². The van der Waals surface area contributed by atoms with Crippen LogP contribution >= 0.6 is 0 Å². The molecule has 1 heterocycles. The molecule has 2 atom stereocenters. The zero-order valence-corrected chi connectivity index (χ0v) is 13.9. The van der Waals surface area contributed by atoms with Crippen LogP contribution in [0.1, 0.15) is 37.3 Å². The Morgan fingerprint density at radius 1 is 1.38 bits per heavy atom. The highest BCUT2D eigenvalue weighted by Gasteiger charge is 2.38. The predicted molar refractivity (Wildman–Crippen MR) is 81.3 cm³/mol. The summed E-state index contributed by atoms with van der Waals surface area (Å²) < 4.78 is 66.0. The molecule has 1 aliphatic rings. The summed E-state index contributed by atoms with van der Waals surface area (Å²) in [5.41, 5.74) is 3.99. The number of sulfonamides is 1. The molecule has 0 spiro atoms. The van der Waals surface area contributed by atoms with E-state index in [1.54, 1.807) is 6.92 Å². The first kappa shape index (κ1) is 18.7. The summed E-state index contributed by atoms with van der Waals surface area (Å²) in [5, 5.41) is 8.81. The van der Waals surface area contributed by atoms with Crippen molar-refractivity contribution >= 4 is 10.0 Å². The van der Waals surface area contributed by atoms with Crippen LogP contribution in [0.5, 0.6) is 0 Å². The summed E-state index contributed by atoms with van der Waals surface area (Å²) in [4.78, 5) is -0.471. The number of rotatable bonds is 3. The molecule has 24 heavy (non-hydrogen) atoms. The number of hydrogen-bond donors (Lipinski definition) is 1. The lowest BCUT2D eigenvalue weighted by Gasteiger charge is -2.37. The van der Waals surface area contributed by atoms with Gasteiger partial charge in [0.1, 0.15) is 0 Å². The van der Waals surface area contributed by atoms with Crippen molar-refractivity contribution in [3.63, 3.8) is 0 Å². The Kier molecular flexibility index (Phi) is 5.22. The van der Waals surface area contributed by atoms with E-state index in [0.29, 0.717) is 18.9 Å². The first-order valence-electron chi connectivity index (χ1n) is 7.48. The monoisotopic (exact) mass is 361 g/mol. The second-order valence-electron chi connectivity index (χ2n) is 5.85. The van der Waals surface area contributed by atoms with Gasteiger partial charge in [-0.15, -0.1) is 0 Å². The Morgan fingerprint density at radius 3 is 2.58 bits per heavy atom. The van der Waals surface area contributed by atoms with Gasteiger partial charge in [0.2, 0.25) is 10.0 Å². The molecule has 2 N–H and O–H groups in total. The fraction of sp³-hybridized carbons (Fsp3) is 0.533. The van der Waals surface area contributed by atoms with E-state index in [9.17, 15) is 21.6 Å². The maximum absolute atomic E-state index is 13.1. The van der Waals surface area contributed by atoms with Crippen LogP contribution in [0.4, 0.5) is 13.2 Å². The predicted octanol–water partition coefficient (Wildman–Crippen LogP) is 2.47. The second kappa shape index (κ2) is 6.70. The van der Waals surface area contributed by atoms with Gasteiger partial charge in [-0.25, -0.2) is 8.42 Å². The van der Waals surface area contributed by atoms with Crippen molar-refractivity contribution in [2.45, 2.75) is 49.3 Å². The van der Waals surface area contributed by atoms with E-state index in [1.807, 2.05) is 0 Å². The molecule has 132 valence electrons. The van der Waals surface area contributed by atoms with Crippen LogP contribution in [0.15, 0.2) is 23.1 Å². The lowest BCUT2D eigenvalue weighted by Crippen LogP contribution is -2.51. The number of nitrogens with zero attached hydrogens (tertiary/aromatic N) is 2. The molecule has 1 aromatic rings. The standard InChI is InChI=1S/C15H18F3N3O2S/c1-10(20)14-4-2-3-7-21(14)24(22,23)12-6-5-11(9-19)13(8-12)15(16,17)18/h5-6,8,10,14H,2-4,7,20H2,1H3/t10-,14+/m1/s1. The lowest BCUT2D eigenvalue weighted by molar-refractivity contribution is -0.137. The third-order valence-electron chi connectivity index (χ3n) is 4.13. The van der Waals surface area contributed by atoms with Crippen molar-refractivity contribution in [2.24, 2.45) is 5.73 Å². The van der Waals surface area contributed by atoms with Crippen LogP contribution in [0.25, 0.3) is 0 Å². The van der Waals surface area contributed by atoms with Gasteiger partial charge in [0.05, 0.1) is 22.1 Å². The molecule has 9 heteroatoms. The average Bonchev–Trinajstić information content (AvgIpc) is 2.53. The Hall–Kier alpha value is -1.63. The van der Waals surface area contributed by atoms with Gasteiger partial charge in [-0.2, -0.15) is 22.7 Å². The smallest absolute Gasteiger partial charge is 0.326 e. The number of nitriles is 1. The van der Waals surface area contributed by atoms with E-state index < -0.39 is 44.3 Å². The van der Waals surface area contributed by atoms with Crippen molar-refractivity contribution in [3.05, 3.63) is 29.3 Å². The van der Waals surface area contributed by atoms with Crippen LogP contribution < -0.4 is 5.73 Å². The van der Waals surface area contributed by atoms with Gasteiger partial charge < -0.3 is 5.73 Å². The van der Waals surface area contributed by atoms with Crippen molar-refractivity contribution < 1.29 is 21.6 Å². The maximum Gasteiger partial charge on any atom is 0.417 e. The Bertz CT molecular complexity index is 754. The van der Waals surface area contributed by atoms with Crippen LogP contribution in [-0.4, -0.2) is 31.4 Å². The minimum atomic E-state index is -4.81. The largest absolute Gasteiger partial charge is 0.417 e. The fourth-order valence-electron chi connectivity index (χ4n) is 2.91. The molecule has 5 nitrogen and oxygen atoms in total. The lowest BCUT2D eigenvalue weighted by atomic mass is 10.00. The molecule has 0 bridgehead atoms. The number of piperidine rings is 1. The second-order valence-corrected chi connectivity index (χ2v) is 7.75. The first-order valence-corrected chi connectivity index (χ1v) is 8.92. The molecule has 1 aliphatic heterocycles. The molecular formula is C15H18F3N3O2S. The van der Waals surface area contributed by atoms with E-state index in [2.05, 4.69) is 0 Å². The molecular weight excluding hydrogens is 343 g/mol. The fourth-order valence-corrected chi connectivity index (χ4v) is 4.71. The van der Waals surface area contributed by atoms with Gasteiger partial charge >= 0.3 is 6.18 Å². The SMILES string of the molecule is C[C@@H](N)[C@@H]1CCCCN1S(=O)(=O)c1ccc(C#N)c(C(F)(F)F)c1. The van der Waals surface area contributed by atoms with Gasteiger partial charge in [0.15, 0.2) is 0 Å². The van der Waals surface area contributed by atoms with E-state index in [1.165, 1.54) is 10.4 Å². The highest BCUT2D eigenvalue weighted by atomic mass is 32.2. The summed E-state index contributed by atoms with van der Waals surface area (Å²) in [6, 6.07) is 3.01. The Morgan fingerprint density at radius 2 is 2.04 bits per heavy atom. The van der Waals surface area contributed by atoms with Gasteiger partial charge in [0.25, 0.3) is 0 Å². The zero-order chi connectivity index (χ0) is 18.1. The van der Waals surface area contributed by atoms with Crippen molar-refractivity contribution in [3.8, 4) is 6.07 Å². The third kappa shape index (κ3) is 3.55. The van der Waals surface area contributed by atoms with E-state index in [4.69, 9.17) is 11.0 Å². The average molecular weight is 361 g/mol. The summed E-state index contributed by atoms with van der Waals surface area (Å²) in [6.45, 7) is 1.90. The van der Waals surface area contributed by atoms with Crippen LogP contribution in [-0.2, 0) is 16.2 Å². The van der Waals surface area contributed by atoms with Crippen LogP contribution in [0, 0.1) is 11.3 Å². The number of alkyl halides is 3. The van der Waals surface area contributed by atoms with Crippen molar-refractivity contribution in [1.82, 2.24) is 4.31 Å². The number of halogens is 3. The summed E-state index contributed by atoms with van der Waals surface area (Å²) in [5.74, 6) is 0. The van der Waals surface area contributed by atoms with Gasteiger partial charge in [0, 0.05) is 18.6 Å². The molecule has 1 saturated heterocycles. The van der Waals surface area contributed by atoms with Gasteiger partial charge in [-0.3, -0.25) is 0 Å². The normalized spacial score (nSPS) is 21.2. The summed E-state index contributed by atoms with van der Waals surface area (Å²) in [6.07, 6.45) is -2.79. The Labute approximate surface area is 138 Å². The molecule has 1 fully saturated rings. The minimum Gasteiger partial charge on any atom is -0.326 e. The number of nitrogens with two attached hydrogens (primary N) is 1. The minimum absolute atomic E-state index is 0.218. The topological polar surface area (TPSA) is 87.2 Å².